The quantitative estimate of drug-likeness (QED) is 0.679. The average Bonchev–Trinajstić information content (AvgIpc) is 2.59. The molecule has 0 heterocycles. The summed E-state index contributed by atoms with van der Waals surface area (Å²) in [5.74, 6) is -0.153. The van der Waals surface area contributed by atoms with Crippen molar-refractivity contribution in [3.05, 3.63) is 65.7 Å². The predicted octanol–water partition coefficient (Wildman–Crippen LogP) is 2.64. The number of rotatable bonds is 8. The lowest BCUT2D eigenvalue weighted by atomic mass is 10.2. The molecule has 0 radical (unpaired) electrons. The lowest BCUT2D eigenvalue weighted by Crippen LogP contribution is -2.36. The Morgan fingerprint density at radius 3 is 2.24 bits per heavy atom. The molecule has 0 saturated carbocycles. The molecule has 0 aliphatic rings. The Balaban J connectivity index is 2.36. The fraction of sp³-hybridized carbons (Fsp3) is 0.316. The second-order valence-electron chi connectivity index (χ2n) is 6.21. The number of benzene rings is 2. The van der Waals surface area contributed by atoms with Crippen LogP contribution in [0.4, 0.5) is 0 Å². The Bertz CT molecular complexity index is 818. The zero-order chi connectivity index (χ0) is 18.4. The molecule has 2 aromatic carbocycles. The van der Waals surface area contributed by atoms with Crippen LogP contribution in [-0.2, 0) is 16.6 Å². The minimum atomic E-state index is -3.70. The molecule has 2 aromatic rings. The summed E-state index contributed by atoms with van der Waals surface area (Å²) in [5.41, 5.74) is 1.32. The molecule has 0 N–H and O–H groups in total. The molecule has 0 unspecified atom stereocenters. The van der Waals surface area contributed by atoms with Crippen molar-refractivity contribution in [2.24, 2.45) is 0 Å². The van der Waals surface area contributed by atoms with Gasteiger partial charge < -0.3 is 4.90 Å². The maximum absolute atomic E-state index is 13.1. The largest absolute Gasteiger partial charge is 0.308 e. The lowest BCUT2D eigenvalue weighted by molar-refractivity contribution is 0.101. The molecule has 0 spiro atoms. The maximum atomic E-state index is 13.1. The van der Waals surface area contributed by atoms with Gasteiger partial charge in [-0.3, -0.25) is 4.79 Å². The van der Waals surface area contributed by atoms with Gasteiger partial charge in [0, 0.05) is 25.2 Å². The van der Waals surface area contributed by atoms with Crippen LogP contribution in [0.1, 0.15) is 22.8 Å². The van der Waals surface area contributed by atoms with Crippen LogP contribution in [0.15, 0.2) is 59.5 Å². The van der Waals surface area contributed by atoms with Crippen LogP contribution in [0.2, 0.25) is 0 Å². The van der Waals surface area contributed by atoms with Crippen LogP contribution in [0.25, 0.3) is 0 Å². The average molecular weight is 360 g/mol. The van der Waals surface area contributed by atoms with E-state index >= 15 is 0 Å². The summed E-state index contributed by atoms with van der Waals surface area (Å²) >= 11 is 0. The Labute approximate surface area is 149 Å². The van der Waals surface area contributed by atoms with E-state index in [-0.39, 0.29) is 10.7 Å². The predicted molar refractivity (Wildman–Crippen MR) is 99.0 cm³/mol. The van der Waals surface area contributed by atoms with Crippen LogP contribution < -0.4 is 0 Å². The van der Waals surface area contributed by atoms with Crippen LogP contribution in [-0.4, -0.2) is 50.6 Å². The van der Waals surface area contributed by atoms with E-state index in [9.17, 15) is 13.2 Å². The summed E-state index contributed by atoms with van der Waals surface area (Å²) in [6.45, 7) is 2.70. The van der Waals surface area contributed by atoms with Crippen LogP contribution in [0.5, 0.6) is 0 Å². The number of hydrogen-bond acceptors (Lipinski definition) is 4. The first kappa shape index (κ1) is 19.3. The molecule has 0 saturated heterocycles. The molecule has 0 aromatic heterocycles. The lowest BCUT2D eigenvalue weighted by Gasteiger charge is -2.24. The molecule has 5 nitrogen and oxygen atoms in total. The van der Waals surface area contributed by atoms with Crippen molar-refractivity contribution < 1.29 is 13.2 Å². The Hall–Kier alpha value is -2.02. The summed E-state index contributed by atoms with van der Waals surface area (Å²) in [6, 6.07) is 15.7. The van der Waals surface area contributed by atoms with Gasteiger partial charge in [-0.15, -0.1) is 0 Å². The number of ketones is 1. The van der Waals surface area contributed by atoms with E-state index < -0.39 is 10.0 Å². The summed E-state index contributed by atoms with van der Waals surface area (Å²) in [6.07, 6.45) is 0. The third-order valence-corrected chi connectivity index (χ3v) is 5.72. The normalized spacial score (nSPS) is 11.9. The molecule has 0 bridgehead atoms. The highest BCUT2D eigenvalue weighted by molar-refractivity contribution is 7.89. The Morgan fingerprint density at radius 2 is 1.64 bits per heavy atom. The summed E-state index contributed by atoms with van der Waals surface area (Å²) in [4.78, 5) is 13.7. The SMILES string of the molecule is CC(=O)c1cccc(S(=O)(=O)N(CCN(C)C)Cc2ccccc2)c1. The maximum Gasteiger partial charge on any atom is 0.243 e. The number of sulfonamides is 1. The number of likely N-dealkylation sites (N-methyl/N-ethyl adjacent to an activating group) is 1. The molecular weight excluding hydrogens is 336 g/mol. The van der Waals surface area contributed by atoms with Gasteiger partial charge in [-0.05, 0) is 38.7 Å². The van der Waals surface area contributed by atoms with Crippen molar-refractivity contribution in [2.75, 3.05) is 27.2 Å². The van der Waals surface area contributed by atoms with E-state index in [1.807, 2.05) is 49.3 Å². The van der Waals surface area contributed by atoms with Gasteiger partial charge in [-0.2, -0.15) is 4.31 Å². The van der Waals surface area contributed by atoms with Gasteiger partial charge in [0.1, 0.15) is 0 Å². The van der Waals surface area contributed by atoms with E-state index in [4.69, 9.17) is 0 Å². The van der Waals surface area contributed by atoms with Gasteiger partial charge >= 0.3 is 0 Å². The topological polar surface area (TPSA) is 57.7 Å². The standard InChI is InChI=1S/C19H24N2O3S/c1-16(22)18-10-7-11-19(14-18)25(23,24)21(13-12-20(2)3)15-17-8-5-4-6-9-17/h4-11,14H,12-13,15H2,1-3H3. The van der Waals surface area contributed by atoms with Gasteiger partial charge in [0.15, 0.2) is 5.78 Å². The van der Waals surface area contributed by atoms with Gasteiger partial charge in [0.05, 0.1) is 4.90 Å². The molecule has 0 aliphatic carbocycles. The number of nitrogens with zero attached hydrogens (tertiary/aromatic N) is 2. The molecule has 2 rings (SSSR count). The van der Waals surface area contributed by atoms with Crippen molar-refractivity contribution in [2.45, 2.75) is 18.4 Å². The van der Waals surface area contributed by atoms with Crippen molar-refractivity contribution in [1.82, 2.24) is 9.21 Å². The molecule has 0 fully saturated rings. The van der Waals surface area contributed by atoms with Crippen molar-refractivity contribution in [3.8, 4) is 0 Å². The van der Waals surface area contributed by atoms with E-state index in [0.717, 1.165) is 5.56 Å². The minimum Gasteiger partial charge on any atom is -0.308 e. The number of carbonyl (C=O) groups is 1. The van der Waals surface area contributed by atoms with Gasteiger partial charge in [-0.1, -0.05) is 42.5 Å². The summed E-state index contributed by atoms with van der Waals surface area (Å²) < 4.78 is 27.7. The zero-order valence-electron chi connectivity index (χ0n) is 14.8. The fourth-order valence-electron chi connectivity index (χ4n) is 2.41. The van der Waals surface area contributed by atoms with Crippen molar-refractivity contribution in [3.63, 3.8) is 0 Å². The smallest absolute Gasteiger partial charge is 0.243 e. The molecule has 25 heavy (non-hydrogen) atoms. The van der Waals surface area contributed by atoms with Crippen LogP contribution in [0.3, 0.4) is 0 Å². The first-order valence-corrected chi connectivity index (χ1v) is 9.54. The zero-order valence-corrected chi connectivity index (χ0v) is 15.7. The molecule has 0 amide bonds. The Kier molecular flexibility index (Phi) is 6.47. The first-order valence-electron chi connectivity index (χ1n) is 8.10. The summed E-state index contributed by atoms with van der Waals surface area (Å²) in [7, 11) is 0.116. The third kappa shape index (κ3) is 5.22. The van der Waals surface area contributed by atoms with Gasteiger partial charge in [-0.25, -0.2) is 8.42 Å². The highest BCUT2D eigenvalue weighted by atomic mass is 32.2. The van der Waals surface area contributed by atoms with Gasteiger partial charge in [0.2, 0.25) is 10.0 Å². The van der Waals surface area contributed by atoms with Crippen molar-refractivity contribution in [1.29, 1.82) is 0 Å². The monoisotopic (exact) mass is 360 g/mol. The number of Topliss-reactive ketones (excluding diaryl/α,β-unsaturated/α-hetero) is 1. The first-order chi connectivity index (χ1) is 11.8. The molecule has 0 atom stereocenters. The second-order valence-corrected chi connectivity index (χ2v) is 8.15. The second kappa shape index (κ2) is 8.38. The molecular formula is C19H24N2O3S. The molecule has 6 heteroatoms. The number of hydrogen-bond donors (Lipinski definition) is 0. The van der Waals surface area contributed by atoms with Crippen molar-refractivity contribution >= 4 is 15.8 Å². The third-order valence-electron chi connectivity index (χ3n) is 3.88. The molecule has 0 aliphatic heterocycles. The van der Waals surface area contributed by atoms with E-state index in [0.29, 0.717) is 25.2 Å². The van der Waals surface area contributed by atoms with E-state index in [1.54, 1.807) is 12.1 Å². The van der Waals surface area contributed by atoms with E-state index in [1.165, 1.54) is 23.4 Å². The highest BCUT2D eigenvalue weighted by Gasteiger charge is 2.25. The fourth-order valence-corrected chi connectivity index (χ4v) is 3.87. The molecule has 134 valence electrons. The highest BCUT2D eigenvalue weighted by Crippen LogP contribution is 2.20. The van der Waals surface area contributed by atoms with E-state index in [2.05, 4.69) is 0 Å². The van der Waals surface area contributed by atoms with Crippen LogP contribution in [0, 0.1) is 0 Å². The summed E-state index contributed by atoms with van der Waals surface area (Å²) in [5, 5.41) is 0. The Morgan fingerprint density at radius 1 is 0.960 bits per heavy atom. The number of carbonyl (C=O) groups excluding carboxylic acids is 1. The van der Waals surface area contributed by atoms with Crippen LogP contribution >= 0.6 is 0 Å². The van der Waals surface area contributed by atoms with Gasteiger partial charge in [0.25, 0.3) is 0 Å². The minimum absolute atomic E-state index is 0.148.